The summed E-state index contributed by atoms with van der Waals surface area (Å²) in [5.41, 5.74) is 5.77. The molecule has 1 aromatic carbocycles. The summed E-state index contributed by atoms with van der Waals surface area (Å²) in [6.07, 6.45) is 2.77. The topological polar surface area (TPSA) is 64.3 Å². The first-order chi connectivity index (χ1) is 8.69. The summed E-state index contributed by atoms with van der Waals surface area (Å²) in [5, 5.41) is 3.40. The number of nitrogens with two attached hydrogens (primary N) is 1. The lowest BCUT2D eigenvalue weighted by Crippen LogP contribution is -2.54. The monoisotopic (exact) mass is 248 g/mol. The molecular formula is C14H20N2O2. The highest BCUT2D eigenvalue weighted by molar-refractivity contribution is 5.86. The van der Waals surface area contributed by atoms with E-state index < -0.39 is 5.54 Å². The van der Waals surface area contributed by atoms with Crippen LogP contribution in [0.2, 0.25) is 0 Å². The van der Waals surface area contributed by atoms with E-state index >= 15 is 0 Å². The molecule has 18 heavy (non-hydrogen) atoms. The van der Waals surface area contributed by atoms with Crippen LogP contribution in [0.25, 0.3) is 0 Å². The molecule has 0 spiro atoms. The zero-order chi connectivity index (χ0) is 13.0. The van der Waals surface area contributed by atoms with Crippen LogP contribution >= 0.6 is 0 Å². The largest absolute Gasteiger partial charge is 0.385 e. The first-order valence-corrected chi connectivity index (χ1v) is 6.31. The number of nitrogens with one attached hydrogen (secondary N) is 1. The third-order valence-corrected chi connectivity index (χ3v) is 3.40. The highest BCUT2D eigenvalue weighted by Crippen LogP contribution is 2.31. The lowest BCUT2D eigenvalue weighted by molar-refractivity contribution is -0.125. The van der Waals surface area contributed by atoms with Crippen LogP contribution in [0, 0.1) is 0 Å². The van der Waals surface area contributed by atoms with E-state index in [4.69, 9.17) is 10.5 Å². The number of carbonyl (C=O) groups is 1. The third kappa shape index (κ3) is 2.71. The molecule has 4 heteroatoms. The Kier molecular flexibility index (Phi) is 3.99. The normalized spacial score (nSPS) is 18.3. The van der Waals surface area contributed by atoms with E-state index in [0.717, 1.165) is 18.4 Å². The van der Waals surface area contributed by atoms with E-state index in [1.807, 2.05) is 30.3 Å². The minimum Gasteiger partial charge on any atom is -0.385 e. The lowest BCUT2D eigenvalue weighted by Gasteiger charge is -2.32. The molecule has 1 atom stereocenters. The fourth-order valence-corrected chi connectivity index (χ4v) is 2.19. The Balaban J connectivity index is 2.31. The summed E-state index contributed by atoms with van der Waals surface area (Å²) >= 11 is 0. The van der Waals surface area contributed by atoms with Crippen LogP contribution in [0.4, 0.5) is 0 Å². The number of carbonyl (C=O) groups excluding carboxylic acids is 1. The molecule has 1 saturated carbocycles. The second-order valence-electron chi connectivity index (χ2n) is 4.80. The predicted molar refractivity (Wildman–Crippen MR) is 70.0 cm³/mol. The first-order valence-electron chi connectivity index (χ1n) is 6.31. The number of ether oxygens (including phenoxy) is 1. The molecule has 0 aliphatic heterocycles. The maximum atomic E-state index is 12.0. The summed E-state index contributed by atoms with van der Waals surface area (Å²) < 4.78 is 5.12. The molecule has 0 radical (unpaired) electrons. The third-order valence-electron chi connectivity index (χ3n) is 3.40. The van der Waals surface area contributed by atoms with Gasteiger partial charge in [0.05, 0.1) is 0 Å². The van der Waals surface area contributed by atoms with E-state index in [2.05, 4.69) is 5.32 Å². The first kappa shape index (κ1) is 13.1. The van der Waals surface area contributed by atoms with E-state index in [0.29, 0.717) is 19.1 Å². The summed E-state index contributed by atoms with van der Waals surface area (Å²) in [7, 11) is 1.63. The highest BCUT2D eigenvalue weighted by Gasteiger charge is 2.42. The van der Waals surface area contributed by atoms with Crippen LogP contribution < -0.4 is 11.1 Å². The van der Waals surface area contributed by atoms with Gasteiger partial charge in [0.2, 0.25) is 5.91 Å². The van der Waals surface area contributed by atoms with Gasteiger partial charge in [0.15, 0.2) is 0 Å². The van der Waals surface area contributed by atoms with Gasteiger partial charge in [0.25, 0.3) is 0 Å². The Morgan fingerprint density at radius 2 is 2.11 bits per heavy atom. The van der Waals surface area contributed by atoms with Gasteiger partial charge in [-0.1, -0.05) is 30.3 Å². The van der Waals surface area contributed by atoms with E-state index in [1.54, 1.807) is 7.11 Å². The Labute approximate surface area is 108 Å². The van der Waals surface area contributed by atoms with Crippen molar-refractivity contribution < 1.29 is 9.53 Å². The molecule has 1 aromatic rings. The van der Waals surface area contributed by atoms with Crippen LogP contribution in [0.1, 0.15) is 24.8 Å². The number of hydrogen-bond acceptors (Lipinski definition) is 3. The van der Waals surface area contributed by atoms with Gasteiger partial charge in [-0.25, -0.2) is 0 Å². The molecule has 1 unspecified atom stereocenters. The van der Waals surface area contributed by atoms with Crippen LogP contribution in [-0.4, -0.2) is 25.7 Å². The molecular weight excluding hydrogens is 228 g/mol. The van der Waals surface area contributed by atoms with Crippen molar-refractivity contribution in [1.82, 2.24) is 5.32 Å². The van der Waals surface area contributed by atoms with Gasteiger partial charge in [-0.15, -0.1) is 0 Å². The minimum absolute atomic E-state index is 0.336. The van der Waals surface area contributed by atoms with Crippen molar-refractivity contribution in [3.05, 3.63) is 35.9 Å². The maximum absolute atomic E-state index is 12.0. The molecule has 0 saturated heterocycles. The van der Waals surface area contributed by atoms with Gasteiger partial charge in [-0.2, -0.15) is 0 Å². The molecule has 4 nitrogen and oxygen atoms in total. The van der Waals surface area contributed by atoms with Gasteiger partial charge < -0.3 is 10.5 Å². The molecule has 1 amide bonds. The number of hydrogen-bond donors (Lipinski definition) is 2. The Bertz CT molecular complexity index is 404. The number of rotatable bonds is 7. The van der Waals surface area contributed by atoms with Crippen molar-refractivity contribution in [3.63, 3.8) is 0 Å². The van der Waals surface area contributed by atoms with Crippen molar-refractivity contribution >= 4 is 5.91 Å². The van der Waals surface area contributed by atoms with E-state index in [9.17, 15) is 4.79 Å². The molecule has 0 heterocycles. The van der Waals surface area contributed by atoms with Crippen molar-refractivity contribution in [3.8, 4) is 0 Å². The fraction of sp³-hybridized carbons (Fsp3) is 0.500. The van der Waals surface area contributed by atoms with Gasteiger partial charge in [-0.3, -0.25) is 10.1 Å². The summed E-state index contributed by atoms with van der Waals surface area (Å²) in [5.74, 6) is -0.336. The number of methoxy groups -OCH3 is 1. The van der Waals surface area contributed by atoms with Crippen molar-refractivity contribution in [2.24, 2.45) is 5.73 Å². The van der Waals surface area contributed by atoms with Crippen LogP contribution in [0.5, 0.6) is 0 Å². The SMILES string of the molecule is COCCC(NC1CC1)(C(N)=O)c1ccccc1. The van der Waals surface area contributed by atoms with Crippen LogP contribution in [0.3, 0.4) is 0 Å². The summed E-state index contributed by atoms with van der Waals surface area (Å²) in [6.45, 7) is 0.498. The second-order valence-corrected chi connectivity index (χ2v) is 4.80. The molecule has 1 aliphatic carbocycles. The molecule has 2 rings (SSSR count). The minimum atomic E-state index is -0.807. The number of amides is 1. The van der Waals surface area contributed by atoms with Gasteiger partial charge >= 0.3 is 0 Å². The standard InChI is InChI=1S/C14H20N2O2/c1-18-10-9-14(13(15)17,16-12-7-8-12)11-5-3-2-4-6-11/h2-6,12,16H,7-10H2,1H3,(H2,15,17). The van der Waals surface area contributed by atoms with E-state index in [-0.39, 0.29) is 5.91 Å². The smallest absolute Gasteiger partial charge is 0.242 e. The Morgan fingerprint density at radius 1 is 1.44 bits per heavy atom. The average Bonchev–Trinajstić information content (AvgIpc) is 3.19. The summed E-state index contributed by atoms with van der Waals surface area (Å²) in [4.78, 5) is 12.0. The molecule has 98 valence electrons. The molecule has 1 fully saturated rings. The number of benzene rings is 1. The Morgan fingerprint density at radius 3 is 2.61 bits per heavy atom. The predicted octanol–water partition coefficient (Wildman–Crippen LogP) is 1.16. The molecule has 0 bridgehead atoms. The zero-order valence-corrected chi connectivity index (χ0v) is 10.7. The average molecular weight is 248 g/mol. The lowest BCUT2D eigenvalue weighted by atomic mass is 9.85. The Hall–Kier alpha value is -1.39. The molecule has 0 aromatic heterocycles. The quantitative estimate of drug-likeness (QED) is 0.761. The maximum Gasteiger partial charge on any atom is 0.242 e. The van der Waals surface area contributed by atoms with Gasteiger partial charge in [-0.05, 0) is 18.4 Å². The molecule has 3 N–H and O–H groups in total. The van der Waals surface area contributed by atoms with Crippen LogP contribution in [0.15, 0.2) is 30.3 Å². The van der Waals surface area contributed by atoms with E-state index in [1.165, 1.54) is 0 Å². The number of primary amides is 1. The molecule has 1 aliphatic rings. The highest BCUT2D eigenvalue weighted by atomic mass is 16.5. The van der Waals surface area contributed by atoms with Gasteiger partial charge in [0.1, 0.15) is 5.54 Å². The second kappa shape index (κ2) is 5.50. The van der Waals surface area contributed by atoms with Crippen molar-refractivity contribution in [2.45, 2.75) is 30.8 Å². The zero-order valence-electron chi connectivity index (χ0n) is 10.7. The summed E-state index contributed by atoms with van der Waals surface area (Å²) in [6, 6.07) is 10.1. The van der Waals surface area contributed by atoms with Crippen molar-refractivity contribution in [1.29, 1.82) is 0 Å². The van der Waals surface area contributed by atoms with Gasteiger partial charge in [0, 0.05) is 26.2 Å². The van der Waals surface area contributed by atoms with Crippen molar-refractivity contribution in [2.75, 3.05) is 13.7 Å². The van der Waals surface area contributed by atoms with Crippen LogP contribution in [-0.2, 0) is 15.1 Å². The fourth-order valence-electron chi connectivity index (χ4n) is 2.19.